The molecule has 2 aromatic heterocycles. The van der Waals surface area contributed by atoms with E-state index in [4.69, 9.17) is 0 Å². The van der Waals surface area contributed by atoms with Gasteiger partial charge in [-0.25, -0.2) is 4.98 Å². The van der Waals surface area contributed by atoms with Crippen molar-refractivity contribution in [3.63, 3.8) is 0 Å². The summed E-state index contributed by atoms with van der Waals surface area (Å²) in [6, 6.07) is 9.06. The number of hydrogen-bond donors (Lipinski definition) is 2. The van der Waals surface area contributed by atoms with Crippen LogP contribution in [0, 0.1) is 0 Å². The van der Waals surface area contributed by atoms with Gasteiger partial charge in [0, 0.05) is 32.2 Å². The Balaban J connectivity index is 1.27. The van der Waals surface area contributed by atoms with Crippen LogP contribution in [0.15, 0.2) is 47.7 Å². The minimum Gasteiger partial charge on any atom is -0.370 e. The highest BCUT2D eigenvalue weighted by molar-refractivity contribution is 5.78. The van der Waals surface area contributed by atoms with E-state index in [1.165, 1.54) is 23.7 Å². The van der Waals surface area contributed by atoms with Gasteiger partial charge in [-0.3, -0.25) is 14.2 Å². The van der Waals surface area contributed by atoms with Gasteiger partial charge in [0.1, 0.15) is 6.54 Å². The quantitative estimate of drug-likeness (QED) is 0.577. The molecule has 0 saturated carbocycles. The zero-order chi connectivity index (χ0) is 20.1. The van der Waals surface area contributed by atoms with Crippen LogP contribution in [0.1, 0.15) is 12.8 Å². The highest BCUT2D eigenvalue weighted by atomic mass is 16.2. The number of para-hydroxylation sites is 1. The Kier molecular flexibility index (Phi) is 5.64. The second kappa shape index (κ2) is 8.68. The number of fused-ring (bicyclic) bond motifs is 1. The standard InChI is InChI=1S/C20H23N7O2/c28-19(13-27-14-23-17-6-2-1-5-16(17)20(27)29)22-8-7-21-18-11-15(12-24-25-18)26-9-3-4-10-26/h1-2,5-6,11-12,14H,3-4,7-10,13H2,(H,21,25)(H,22,28). The van der Waals surface area contributed by atoms with Crippen LogP contribution in [0.4, 0.5) is 11.5 Å². The molecule has 9 nitrogen and oxygen atoms in total. The van der Waals surface area contributed by atoms with Gasteiger partial charge in [0.05, 0.1) is 29.1 Å². The number of benzene rings is 1. The summed E-state index contributed by atoms with van der Waals surface area (Å²) >= 11 is 0. The van der Waals surface area contributed by atoms with Crippen molar-refractivity contribution in [2.24, 2.45) is 0 Å². The third-order valence-electron chi connectivity index (χ3n) is 4.91. The van der Waals surface area contributed by atoms with Crippen LogP contribution in [-0.2, 0) is 11.3 Å². The van der Waals surface area contributed by atoms with Crippen LogP contribution in [0.3, 0.4) is 0 Å². The average molecular weight is 393 g/mol. The Morgan fingerprint density at radius 1 is 1.14 bits per heavy atom. The predicted octanol–water partition coefficient (Wildman–Crippen LogP) is 1.01. The molecule has 4 rings (SSSR count). The Hall–Kier alpha value is -3.49. The summed E-state index contributed by atoms with van der Waals surface area (Å²) in [5, 5.41) is 14.6. The van der Waals surface area contributed by atoms with Gasteiger partial charge in [-0.15, -0.1) is 5.10 Å². The fourth-order valence-electron chi connectivity index (χ4n) is 3.41. The summed E-state index contributed by atoms with van der Waals surface area (Å²) < 4.78 is 1.32. The fraction of sp³-hybridized carbons (Fsp3) is 0.350. The fourth-order valence-corrected chi connectivity index (χ4v) is 3.41. The van der Waals surface area contributed by atoms with E-state index in [1.807, 2.05) is 12.1 Å². The molecule has 2 N–H and O–H groups in total. The monoisotopic (exact) mass is 393 g/mol. The third kappa shape index (κ3) is 4.50. The number of carbonyl (C=O) groups excluding carboxylic acids is 1. The average Bonchev–Trinajstić information content (AvgIpc) is 3.29. The minimum atomic E-state index is -0.247. The second-order valence-corrected chi connectivity index (χ2v) is 6.96. The molecule has 1 aliphatic rings. The molecule has 0 unspecified atom stereocenters. The van der Waals surface area contributed by atoms with Gasteiger partial charge in [0.25, 0.3) is 5.56 Å². The Morgan fingerprint density at radius 2 is 1.97 bits per heavy atom. The maximum absolute atomic E-state index is 12.4. The van der Waals surface area contributed by atoms with E-state index in [0.29, 0.717) is 29.8 Å². The summed E-state index contributed by atoms with van der Waals surface area (Å²) in [6.45, 7) is 2.94. The topological polar surface area (TPSA) is 105 Å². The van der Waals surface area contributed by atoms with Crippen LogP contribution in [0.2, 0.25) is 0 Å². The number of amides is 1. The summed E-state index contributed by atoms with van der Waals surface area (Å²) in [5.74, 6) is 0.432. The summed E-state index contributed by atoms with van der Waals surface area (Å²) in [6.07, 6.45) is 5.58. The molecule has 9 heteroatoms. The van der Waals surface area contributed by atoms with E-state index in [1.54, 1.807) is 24.4 Å². The lowest BCUT2D eigenvalue weighted by atomic mass is 10.2. The molecule has 3 heterocycles. The summed E-state index contributed by atoms with van der Waals surface area (Å²) in [4.78, 5) is 31.1. The number of nitrogens with one attached hydrogen (secondary N) is 2. The lowest BCUT2D eigenvalue weighted by Crippen LogP contribution is -2.35. The van der Waals surface area contributed by atoms with Gasteiger partial charge in [-0.1, -0.05) is 12.1 Å². The molecule has 0 aliphatic carbocycles. The number of nitrogens with zero attached hydrogens (tertiary/aromatic N) is 5. The zero-order valence-corrected chi connectivity index (χ0v) is 16.0. The Morgan fingerprint density at radius 3 is 2.83 bits per heavy atom. The molecular weight excluding hydrogens is 370 g/mol. The van der Waals surface area contributed by atoms with Crippen LogP contribution < -0.4 is 21.1 Å². The molecule has 1 amide bonds. The van der Waals surface area contributed by atoms with E-state index >= 15 is 0 Å². The molecule has 1 aliphatic heterocycles. The number of rotatable bonds is 7. The summed E-state index contributed by atoms with van der Waals surface area (Å²) in [5.41, 5.74) is 1.46. The second-order valence-electron chi connectivity index (χ2n) is 6.96. The SMILES string of the molecule is O=C(Cn1cnc2ccccc2c1=O)NCCNc1cc(N2CCCC2)cnn1. The van der Waals surface area contributed by atoms with E-state index in [-0.39, 0.29) is 18.0 Å². The molecule has 29 heavy (non-hydrogen) atoms. The predicted molar refractivity (Wildman–Crippen MR) is 111 cm³/mol. The van der Waals surface area contributed by atoms with Crippen molar-refractivity contribution in [2.45, 2.75) is 19.4 Å². The molecule has 0 spiro atoms. The lowest BCUT2D eigenvalue weighted by molar-refractivity contribution is -0.121. The van der Waals surface area contributed by atoms with Crippen molar-refractivity contribution in [3.05, 3.63) is 53.2 Å². The van der Waals surface area contributed by atoms with Gasteiger partial charge in [0.2, 0.25) is 5.91 Å². The molecule has 1 saturated heterocycles. The Bertz CT molecular complexity index is 1060. The van der Waals surface area contributed by atoms with Crippen molar-refractivity contribution in [3.8, 4) is 0 Å². The van der Waals surface area contributed by atoms with Crippen molar-refractivity contribution < 1.29 is 4.79 Å². The van der Waals surface area contributed by atoms with Crippen LogP contribution in [-0.4, -0.2) is 51.8 Å². The molecular formula is C20H23N7O2. The highest BCUT2D eigenvalue weighted by Gasteiger charge is 2.13. The lowest BCUT2D eigenvalue weighted by Gasteiger charge is -2.17. The van der Waals surface area contributed by atoms with Crippen molar-refractivity contribution in [2.75, 3.05) is 36.4 Å². The molecule has 1 fully saturated rings. The maximum Gasteiger partial charge on any atom is 0.261 e. The minimum absolute atomic E-state index is 0.0685. The molecule has 150 valence electrons. The van der Waals surface area contributed by atoms with Crippen LogP contribution in [0.5, 0.6) is 0 Å². The van der Waals surface area contributed by atoms with Crippen molar-refractivity contribution in [1.29, 1.82) is 0 Å². The number of anilines is 2. The molecule has 0 atom stereocenters. The molecule has 1 aromatic carbocycles. The Labute approximate surface area is 167 Å². The number of carbonyl (C=O) groups is 1. The first-order valence-electron chi connectivity index (χ1n) is 9.73. The van der Waals surface area contributed by atoms with Gasteiger partial charge in [0.15, 0.2) is 5.82 Å². The van der Waals surface area contributed by atoms with Gasteiger partial charge in [-0.05, 0) is 25.0 Å². The molecule has 0 radical (unpaired) electrons. The maximum atomic E-state index is 12.4. The van der Waals surface area contributed by atoms with E-state index in [0.717, 1.165) is 18.8 Å². The molecule has 3 aromatic rings. The van der Waals surface area contributed by atoms with Crippen LogP contribution in [0.25, 0.3) is 10.9 Å². The van der Waals surface area contributed by atoms with E-state index in [2.05, 4.69) is 30.7 Å². The van der Waals surface area contributed by atoms with Gasteiger partial charge in [-0.2, -0.15) is 5.10 Å². The largest absolute Gasteiger partial charge is 0.370 e. The number of hydrogen-bond acceptors (Lipinski definition) is 7. The van der Waals surface area contributed by atoms with E-state index in [9.17, 15) is 9.59 Å². The van der Waals surface area contributed by atoms with Crippen molar-refractivity contribution in [1.82, 2.24) is 25.1 Å². The van der Waals surface area contributed by atoms with Crippen molar-refractivity contribution >= 4 is 28.3 Å². The highest BCUT2D eigenvalue weighted by Crippen LogP contribution is 2.20. The first-order valence-corrected chi connectivity index (χ1v) is 9.73. The first-order chi connectivity index (χ1) is 14.2. The zero-order valence-electron chi connectivity index (χ0n) is 16.0. The number of aromatic nitrogens is 4. The molecule has 0 bridgehead atoms. The van der Waals surface area contributed by atoms with E-state index < -0.39 is 0 Å². The summed E-state index contributed by atoms with van der Waals surface area (Å²) in [7, 11) is 0. The van der Waals surface area contributed by atoms with Gasteiger partial charge < -0.3 is 15.5 Å². The van der Waals surface area contributed by atoms with Gasteiger partial charge >= 0.3 is 0 Å². The first kappa shape index (κ1) is 18.9. The normalized spacial score (nSPS) is 13.6. The third-order valence-corrected chi connectivity index (χ3v) is 4.91. The van der Waals surface area contributed by atoms with Crippen LogP contribution >= 0.6 is 0 Å². The smallest absolute Gasteiger partial charge is 0.261 e.